The van der Waals surface area contributed by atoms with E-state index in [4.69, 9.17) is 16.3 Å². The van der Waals surface area contributed by atoms with Gasteiger partial charge in [0.05, 0.1) is 6.54 Å². The molecule has 1 amide bonds. The Hall–Kier alpha value is -1.20. The van der Waals surface area contributed by atoms with Crippen LogP contribution in [0, 0.1) is 0 Å². The predicted octanol–water partition coefficient (Wildman–Crippen LogP) is 2.33. The van der Waals surface area contributed by atoms with Crippen molar-refractivity contribution in [3.63, 3.8) is 0 Å². The molecule has 1 atom stereocenters. The zero-order valence-electron chi connectivity index (χ0n) is 9.85. The van der Waals surface area contributed by atoms with Crippen molar-refractivity contribution in [1.82, 2.24) is 5.32 Å². The van der Waals surface area contributed by atoms with Crippen LogP contribution in [0.3, 0.4) is 0 Å². The largest absolute Gasteiger partial charge is 0.481 e. The number of amidine groups is 1. The number of nitrogens with one attached hydrogen (secondary N) is 1. The average Bonchev–Trinajstić information content (AvgIpc) is 2.85. The highest BCUT2D eigenvalue weighted by Crippen LogP contribution is 2.17. The highest BCUT2D eigenvalue weighted by molar-refractivity contribution is 8.14. The summed E-state index contributed by atoms with van der Waals surface area (Å²) in [5.41, 5.74) is 0. The number of hydrogen-bond donors (Lipinski definition) is 1. The molecule has 1 aromatic carbocycles. The first kappa shape index (κ1) is 13.2. The summed E-state index contributed by atoms with van der Waals surface area (Å²) in [6.07, 6.45) is -0.574. The molecule has 1 N–H and O–H groups in total. The number of thioether (sulfide) groups is 1. The highest BCUT2D eigenvalue weighted by atomic mass is 35.5. The number of carbonyl (C=O) groups is 1. The molecule has 96 valence electrons. The lowest BCUT2D eigenvalue weighted by Crippen LogP contribution is -2.38. The maximum absolute atomic E-state index is 11.8. The molecule has 1 unspecified atom stereocenters. The number of nitrogens with zero attached hydrogens (tertiary/aromatic N) is 1. The third-order valence-corrected chi connectivity index (χ3v) is 3.45. The molecule has 1 aliphatic rings. The average molecular weight is 285 g/mol. The van der Waals surface area contributed by atoms with Gasteiger partial charge in [-0.2, -0.15) is 0 Å². The molecule has 18 heavy (non-hydrogen) atoms. The van der Waals surface area contributed by atoms with E-state index in [2.05, 4.69) is 10.3 Å². The predicted molar refractivity (Wildman–Crippen MR) is 74.4 cm³/mol. The first-order chi connectivity index (χ1) is 8.65. The molecule has 0 saturated carbocycles. The SMILES string of the molecule is CC(Oc1ccc(Cl)cc1)C(=O)NC1=NCCS1. The fourth-order valence-electron chi connectivity index (χ4n) is 1.39. The molecule has 0 spiro atoms. The van der Waals surface area contributed by atoms with E-state index in [1.54, 1.807) is 43.0 Å². The highest BCUT2D eigenvalue weighted by Gasteiger charge is 2.18. The molecule has 0 radical (unpaired) electrons. The fraction of sp³-hybridized carbons (Fsp3) is 0.333. The Morgan fingerprint density at radius 1 is 1.50 bits per heavy atom. The Labute approximate surface area is 115 Å². The fourth-order valence-corrected chi connectivity index (χ4v) is 2.25. The lowest BCUT2D eigenvalue weighted by molar-refractivity contribution is -0.125. The van der Waals surface area contributed by atoms with E-state index >= 15 is 0 Å². The molecule has 4 nitrogen and oxygen atoms in total. The van der Waals surface area contributed by atoms with Gasteiger partial charge in [0.1, 0.15) is 5.75 Å². The number of rotatable bonds is 3. The number of carbonyl (C=O) groups excluding carboxylic acids is 1. The molecular weight excluding hydrogens is 272 g/mol. The Kier molecular flexibility index (Phi) is 4.49. The van der Waals surface area contributed by atoms with Crippen LogP contribution in [0.2, 0.25) is 5.02 Å². The van der Waals surface area contributed by atoms with Gasteiger partial charge in [-0.3, -0.25) is 9.79 Å². The van der Waals surface area contributed by atoms with Gasteiger partial charge in [0.15, 0.2) is 11.3 Å². The molecule has 6 heteroatoms. The molecule has 1 heterocycles. The Bertz CT molecular complexity index is 462. The summed E-state index contributed by atoms with van der Waals surface area (Å²) in [4.78, 5) is 16.0. The molecule has 0 aliphatic carbocycles. The van der Waals surface area contributed by atoms with Crippen LogP contribution in [0.5, 0.6) is 5.75 Å². The van der Waals surface area contributed by atoms with E-state index in [9.17, 15) is 4.79 Å². The smallest absolute Gasteiger partial charge is 0.266 e. The zero-order valence-corrected chi connectivity index (χ0v) is 11.4. The summed E-state index contributed by atoms with van der Waals surface area (Å²) in [7, 11) is 0. The molecule has 0 aromatic heterocycles. The van der Waals surface area contributed by atoms with E-state index < -0.39 is 6.10 Å². The quantitative estimate of drug-likeness (QED) is 0.927. The summed E-state index contributed by atoms with van der Waals surface area (Å²) in [5.74, 6) is 1.34. The first-order valence-corrected chi connectivity index (χ1v) is 6.92. The first-order valence-electron chi connectivity index (χ1n) is 5.55. The Morgan fingerprint density at radius 3 is 2.83 bits per heavy atom. The van der Waals surface area contributed by atoms with Crippen LogP contribution in [-0.2, 0) is 4.79 Å². The molecule has 0 saturated heterocycles. The van der Waals surface area contributed by atoms with Gasteiger partial charge < -0.3 is 10.1 Å². The van der Waals surface area contributed by atoms with Crippen LogP contribution in [0.1, 0.15) is 6.92 Å². The summed E-state index contributed by atoms with van der Waals surface area (Å²) in [6.45, 7) is 2.46. The maximum Gasteiger partial charge on any atom is 0.266 e. The van der Waals surface area contributed by atoms with Crippen molar-refractivity contribution in [2.24, 2.45) is 4.99 Å². The van der Waals surface area contributed by atoms with Gasteiger partial charge in [-0.05, 0) is 31.2 Å². The van der Waals surface area contributed by atoms with Crippen LogP contribution in [0.15, 0.2) is 29.3 Å². The topological polar surface area (TPSA) is 50.7 Å². The standard InChI is InChI=1S/C12H13ClN2O2S/c1-8(11(16)15-12-14-6-7-18-12)17-10-4-2-9(13)3-5-10/h2-5,8H,6-7H2,1H3,(H,14,15,16). The van der Waals surface area contributed by atoms with Crippen molar-refractivity contribution in [1.29, 1.82) is 0 Å². The van der Waals surface area contributed by atoms with Crippen molar-refractivity contribution < 1.29 is 9.53 Å². The molecule has 1 aliphatic heterocycles. The Balaban J connectivity index is 1.88. The minimum Gasteiger partial charge on any atom is -0.481 e. The number of hydrogen-bond acceptors (Lipinski definition) is 4. The van der Waals surface area contributed by atoms with Crippen molar-refractivity contribution in [3.8, 4) is 5.75 Å². The van der Waals surface area contributed by atoms with Gasteiger partial charge >= 0.3 is 0 Å². The minimum atomic E-state index is -0.574. The molecule has 0 fully saturated rings. The molecule has 2 rings (SSSR count). The van der Waals surface area contributed by atoms with E-state index in [-0.39, 0.29) is 5.91 Å². The molecule has 1 aromatic rings. The third kappa shape index (κ3) is 3.65. The second-order valence-corrected chi connectivity index (χ2v) is 5.26. The summed E-state index contributed by atoms with van der Waals surface area (Å²) in [5, 5.41) is 4.04. The second kappa shape index (κ2) is 6.11. The van der Waals surface area contributed by atoms with E-state index in [1.807, 2.05) is 0 Å². The summed E-state index contributed by atoms with van der Waals surface area (Å²) in [6, 6.07) is 6.90. The zero-order chi connectivity index (χ0) is 13.0. The summed E-state index contributed by atoms with van der Waals surface area (Å²) >= 11 is 7.31. The number of aliphatic imine (C=N–C) groups is 1. The van der Waals surface area contributed by atoms with Gasteiger partial charge in [-0.25, -0.2) is 0 Å². The minimum absolute atomic E-state index is 0.196. The van der Waals surface area contributed by atoms with Crippen molar-refractivity contribution in [2.75, 3.05) is 12.3 Å². The van der Waals surface area contributed by atoms with Crippen LogP contribution in [0.4, 0.5) is 0 Å². The van der Waals surface area contributed by atoms with Crippen LogP contribution < -0.4 is 10.1 Å². The van der Waals surface area contributed by atoms with E-state index in [0.29, 0.717) is 15.9 Å². The second-order valence-electron chi connectivity index (χ2n) is 3.74. The van der Waals surface area contributed by atoms with E-state index in [0.717, 1.165) is 12.3 Å². The lowest BCUT2D eigenvalue weighted by atomic mass is 10.3. The number of ether oxygens (including phenoxy) is 1. The monoisotopic (exact) mass is 284 g/mol. The van der Waals surface area contributed by atoms with Gasteiger partial charge in [0.2, 0.25) is 0 Å². The van der Waals surface area contributed by atoms with Crippen molar-refractivity contribution in [3.05, 3.63) is 29.3 Å². The Morgan fingerprint density at radius 2 is 2.22 bits per heavy atom. The molecule has 0 bridgehead atoms. The number of benzene rings is 1. The lowest BCUT2D eigenvalue weighted by Gasteiger charge is -2.14. The van der Waals surface area contributed by atoms with Gasteiger partial charge in [0, 0.05) is 10.8 Å². The number of amides is 1. The van der Waals surface area contributed by atoms with Crippen LogP contribution in [-0.4, -0.2) is 29.5 Å². The van der Waals surface area contributed by atoms with Crippen molar-refractivity contribution in [2.45, 2.75) is 13.0 Å². The van der Waals surface area contributed by atoms with Gasteiger partial charge in [-0.15, -0.1) is 0 Å². The van der Waals surface area contributed by atoms with Crippen LogP contribution in [0.25, 0.3) is 0 Å². The van der Waals surface area contributed by atoms with Gasteiger partial charge in [0.25, 0.3) is 5.91 Å². The normalized spacial score (nSPS) is 16.0. The summed E-state index contributed by atoms with van der Waals surface area (Å²) < 4.78 is 5.51. The third-order valence-electron chi connectivity index (χ3n) is 2.31. The van der Waals surface area contributed by atoms with Gasteiger partial charge in [-0.1, -0.05) is 23.4 Å². The van der Waals surface area contributed by atoms with Crippen LogP contribution >= 0.6 is 23.4 Å². The van der Waals surface area contributed by atoms with E-state index in [1.165, 1.54) is 0 Å². The van der Waals surface area contributed by atoms with Crippen molar-refractivity contribution >= 4 is 34.4 Å². The maximum atomic E-state index is 11.8. The number of halogens is 1. The molecular formula is C12H13ClN2O2S.